The Morgan fingerprint density at radius 3 is 2.63 bits per heavy atom. The molecule has 1 aromatic heterocycles. The van der Waals surface area contributed by atoms with E-state index in [-0.39, 0.29) is 0 Å². The largest absolute Gasteiger partial charge is 0.361 e. The summed E-state index contributed by atoms with van der Waals surface area (Å²) in [5, 5.41) is 1.27. The van der Waals surface area contributed by atoms with Crippen molar-refractivity contribution in [2.75, 3.05) is 39.3 Å². The summed E-state index contributed by atoms with van der Waals surface area (Å²) in [6.45, 7) is 7.52. The van der Waals surface area contributed by atoms with Crippen molar-refractivity contribution in [2.45, 2.75) is 57.5 Å². The van der Waals surface area contributed by atoms with Crippen LogP contribution in [0.15, 0.2) is 30.5 Å². The van der Waals surface area contributed by atoms with Crippen molar-refractivity contribution in [3.63, 3.8) is 0 Å². The molecule has 1 aromatic carbocycles. The lowest BCUT2D eigenvalue weighted by Crippen LogP contribution is -2.54. The van der Waals surface area contributed by atoms with Gasteiger partial charge in [0.1, 0.15) is 0 Å². The fourth-order valence-electron chi connectivity index (χ4n) is 5.50. The molecule has 5 heteroatoms. The van der Waals surface area contributed by atoms with Crippen molar-refractivity contribution in [1.82, 2.24) is 19.7 Å². The van der Waals surface area contributed by atoms with Crippen molar-refractivity contribution < 1.29 is 4.79 Å². The number of carbonyl (C=O) groups is 1. The second-order valence-corrected chi connectivity index (χ2v) is 9.64. The van der Waals surface area contributed by atoms with Gasteiger partial charge in [-0.05, 0) is 81.2 Å². The van der Waals surface area contributed by atoms with Crippen molar-refractivity contribution in [3.8, 4) is 0 Å². The van der Waals surface area contributed by atoms with Gasteiger partial charge < -0.3 is 14.8 Å². The maximum absolute atomic E-state index is 13.3. The number of nitrogens with one attached hydrogen (secondary N) is 1. The number of H-pyrrole nitrogens is 1. The molecule has 5 nitrogen and oxygen atoms in total. The predicted octanol–water partition coefficient (Wildman–Crippen LogP) is 3.86. The summed E-state index contributed by atoms with van der Waals surface area (Å²) in [4.78, 5) is 24.0. The highest BCUT2D eigenvalue weighted by Gasteiger charge is 2.35. The molecule has 3 fully saturated rings. The first-order valence-corrected chi connectivity index (χ1v) is 12.1. The van der Waals surface area contributed by atoms with Crippen LogP contribution in [-0.2, 0) is 11.3 Å². The highest BCUT2D eigenvalue weighted by molar-refractivity contribution is 5.80. The lowest BCUT2D eigenvalue weighted by Gasteiger charge is -2.42. The second kappa shape index (κ2) is 9.11. The van der Waals surface area contributed by atoms with Crippen LogP contribution in [0.3, 0.4) is 0 Å². The summed E-state index contributed by atoms with van der Waals surface area (Å²) in [5.74, 6) is 0.745. The Labute approximate surface area is 180 Å². The molecule has 0 spiro atoms. The Hall–Kier alpha value is -1.85. The summed E-state index contributed by atoms with van der Waals surface area (Å²) < 4.78 is 0. The third kappa shape index (κ3) is 4.42. The van der Waals surface area contributed by atoms with Gasteiger partial charge in [-0.15, -0.1) is 0 Å². The van der Waals surface area contributed by atoms with Crippen molar-refractivity contribution in [3.05, 3.63) is 36.0 Å². The molecular formula is C25H36N4O. The summed E-state index contributed by atoms with van der Waals surface area (Å²) in [7, 11) is 0. The number of hydrogen-bond acceptors (Lipinski definition) is 3. The number of hydrogen-bond donors (Lipinski definition) is 1. The average molecular weight is 409 g/mol. The molecule has 3 aliphatic rings. The monoisotopic (exact) mass is 408 g/mol. The van der Waals surface area contributed by atoms with Crippen molar-refractivity contribution in [2.24, 2.45) is 5.92 Å². The summed E-state index contributed by atoms with van der Waals surface area (Å²) in [6, 6.07) is 9.25. The second-order valence-electron chi connectivity index (χ2n) is 9.64. The van der Waals surface area contributed by atoms with Crippen LogP contribution in [-0.4, -0.2) is 70.9 Å². The van der Waals surface area contributed by atoms with E-state index in [1.54, 1.807) is 0 Å². The molecule has 1 N–H and O–H groups in total. The maximum Gasteiger partial charge on any atom is 0.226 e. The van der Waals surface area contributed by atoms with E-state index in [1.165, 1.54) is 55.2 Å². The number of nitrogens with zero attached hydrogens (tertiary/aromatic N) is 3. The first kappa shape index (κ1) is 20.1. The van der Waals surface area contributed by atoms with Gasteiger partial charge in [0.25, 0.3) is 0 Å². The minimum Gasteiger partial charge on any atom is -0.361 e. The van der Waals surface area contributed by atoms with Crippen LogP contribution in [0.5, 0.6) is 0 Å². The minimum atomic E-state index is 0.300. The van der Waals surface area contributed by atoms with Gasteiger partial charge in [-0.1, -0.05) is 18.6 Å². The van der Waals surface area contributed by atoms with E-state index in [0.29, 0.717) is 17.9 Å². The maximum atomic E-state index is 13.3. The van der Waals surface area contributed by atoms with Crippen LogP contribution in [0.1, 0.15) is 50.5 Å². The van der Waals surface area contributed by atoms with Gasteiger partial charge in [-0.25, -0.2) is 0 Å². The van der Waals surface area contributed by atoms with E-state index >= 15 is 0 Å². The average Bonchev–Trinajstić information content (AvgIpc) is 3.38. The number of fused-ring (bicyclic) bond motifs is 1. The summed E-state index contributed by atoms with van der Waals surface area (Å²) in [6.07, 6.45) is 10.4. The SMILES string of the molecule is O=C(C1CCC1)N(CCN1CCCC1)C1CCCN(Cc2ccc3cc[nH]c3c2)C1. The molecule has 1 saturated carbocycles. The summed E-state index contributed by atoms with van der Waals surface area (Å²) in [5.41, 5.74) is 2.58. The van der Waals surface area contributed by atoms with Gasteiger partial charge in [0.15, 0.2) is 0 Å². The molecule has 5 rings (SSSR count). The number of aromatic nitrogens is 1. The third-order valence-corrected chi connectivity index (χ3v) is 7.54. The number of piperidine rings is 1. The first-order valence-electron chi connectivity index (χ1n) is 12.1. The number of aromatic amines is 1. The minimum absolute atomic E-state index is 0.300. The highest BCUT2D eigenvalue weighted by atomic mass is 16.2. The molecule has 2 aromatic rings. The van der Waals surface area contributed by atoms with Crippen LogP contribution < -0.4 is 0 Å². The number of benzene rings is 1. The Morgan fingerprint density at radius 1 is 1.00 bits per heavy atom. The van der Waals surface area contributed by atoms with E-state index in [0.717, 1.165) is 52.0 Å². The zero-order valence-electron chi connectivity index (χ0n) is 18.2. The van der Waals surface area contributed by atoms with Gasteiger partial charge in [0.05, 0.1) is 0 Å². The van der Waals surface area contributed by atoms with E-state index in [9.17, 15) is 4.79 Å². The van der Waals surface area contributed by atoms with Crippen LogP contribution in [0.4, 0.5) is 0 Å². The van der Waals surface area contributed by atoms with Crippen LogP contribution in [0, 0.1) is 5.92 Å². The highest BCUT2D eigenvalue weighted by Crippen LogP contribution is 2.30. The van der Waals surface area contributed by atoms with E-state index < -0.39 is 0 Å². The number of likely N-dealkylation sites (tertiary alicyclic amines) is 2. The molecule has 30 heavy (non-hydrogen) atoms. The molecule has 1 unspecified atom stereocenters. The Morgan fingerprint density at radius 2 is 1.83 bits per heavy atom. The van der Waals surface area contributed by atoms with Crippen LogP contribution in [0.2, 0.25) is 0 Å². The van der Waals surface area contributed by atoms with E-state index in [1.807, 2.05) is 6.20 Å². The van der Waals surface area contributed by atoms with Gasteiger partial charge in [0.2, 0.25) is 5.91 Å². The van der Waals surface area contributed by atoms with E-state index in [4.69, 9.17) is 0 Å². The van der Waals surface area contributed by atoms with Crippen LogP contribution >= 0.6 is 0 Å². The lowest BCUT2D eigenvalue weighted by molar-refractivity contribution is -0.142. The quantitative estimate of drug-likeness (QED) is 0.757. The van der Waals surface area contributed by atoms with Gasteiger partial charge in [0, 0.05) is 49.9 Å². The molecule has 0 radical (unpaired) electrons. The lowest BCUT2D eigenvalue weighted by atomic mass is 9.83. The Balaban J connectivity index is 1.24. The van der Waals surface area contributed by atoms with Gasteiger partial charge >= 0.3 is 0 Å². The zero-order valence-corrected chi connectivity index (χ0v) is 18.2. The predicted molar refractivity (Wildman–Crippen MR) is 121 cm³/mol. The van der Waals surface area contributed by atoms with E-state index in [2.05, 4.69) is 43.9 Å². The molecule has 1 aliphatic carbocycles. The fraction of sp³-hybridized carbons (Fsp3) is 0.640. The molecule has 2 saturated heterocycles. The van der Waals surface area contributed by atoms with Crippen LogP contribution in [0.25, 0.3) is 10.9 Å². The summed E-state index contributed by atoms with van der Waals surface area (Å²) >= 11 is 0. The molecule has 0 bridgehead atoms. The van der Waals surface area contributed by atoms with Gasteiger partial charge in [-0.2, -0.15) is 0 Å². The normalized spacial score (nSPS) is 23.7. The molecule has 2 aliphatic heterocycles. The van der Waals surface area contributed by atoms with Crippen molar-refractivity contribution >= 4 is 16.8 Å². The Bertz CT molecular complexity index is 852. The Kier molecular flexibility index (Phi) is 6.09. The number of amides is 1. The number of carbonyl (C=O) groups excluding carboxylic acids is 1. The smallest absolute Gasteiger partial charge is 0.226 e. The molecule has 162 valence electrons. The van der Waals surface area contributed by atoms with Gasteiger partial charge in [-0.3, -0.25) is 9.69 Å². The fourth-order valence-corrected chi connectivity index (χ4v) is 5.50. The molecule has 1 atom stereocenters. The zero-order chi connectivity index (χ0) is 20.3. The third-order valence-electron chi connectivity index (χ3n) is 7.54. The standard InChI is InChI=1S/C25H36N4O/c30-25(22-5-3-6-22)29(16-15-27-12-1-2-13-27)23-7-4-14-28(19-23)18-20-8-9-21-10-11-26-24(21)17-20/h8-11,17,22-23,26H,1-7,12-16,18-19H2. The van der Waals surface area contributed by atoms with Crippen molar-refractivity contribution in [1.29, 1.82) is 0 Å². The molecule has 3 heterocycles. The molecular weight excluding hydrogens is 372 g/mol. The topological polar surface area (TPSA) is 42.6 Å². The number of rotatable bonds is 7. The molecule has 1 amide bonds. The first-order chi connectivity index (χ1) is 14.8.